The summed E-state index contributed by atoms with van der Waals surface area (Å²) in [5, 5.41) is 8.45. The molecule has 5 nitrogen and oxygen atoms in total. The molecular formula is C8H12N2O3. The van der Waals surface area contributed by atoms with E-state index in [1.807, 2.05) is 19.0 Å². The van der Waals surface area contributed by atoms with Crippen LogP contribution < -0.4 is 0 Å². The Morgan fingerprint density at radius 1 is 1.69 bits per heavy atom. The summed E-state index contributed by atoms with van der Waals surface area (Å²) in [6.07, 6.45) is 1.39. The topological polar surface area (TPSA) is 66.6 Å². The largest absolute Gasteiger partial charge is 0.481 e. The molecule has 0 unspecified atom stereocenters. The Balaban J connectivity index is 2.58. The molecule has 0 saturated carbocycles. The van der Waals surface area contributed by atoms with Gasteiger partial charge in [-0.1, -0.05) is 0 Å². The number of aromatic nitrogens is 1. The van der Waals surface area contributed by atoms with Gasteiger partial charge in [0, 0.05) is 0 Å². The Morgan fingerprint density at radius 3 is 2.92 bits per heavy atom. The molecule has 0 aliphatic carbocycles. The Morgan fingerprint density at radius 2 is 2.38 bits per heavy atom. The van der Waals surface area contributed by atoms with E-state index in [1.54, 1.807) is 6.20 Å². The lowest BCUT2D eigenvalue weighted by Crippen LogP contribution is -2.09. The van der Waals surface area contributed by atoms with Crippen LogP contribution >= 0.6 is 0 Å². The number of hydrogen-bond donors (Lipinski definition) is 1. The van der Waals surface area contributed by atoms with E-state index in [2.05, 4.69) is 4.98 Å². The van der Waals surface area contributed by atoms with Gasteiger partial charge in [-0.15, -0.1) is 0 Å². The molecule has 1 N–H and O–H groups in total. The summed E-state index contributed by atoms with van der Waals surface area (Å²) in [6, 6.07) is 0. The van der Waals surface area contributed by atoms with E-state index in [4.69, 9.17) is 9.52 Å². The highest BCUT2D eigenvalue weighted by Crippen LogP contribution is 2.05. The molecule has 0 aliphatic heterocycles. The molecule has 0 atom stereocenters. The first-order valence-corrected chi connectivity index (χ1v) is 3.88. The summed E-state index contributed by atoms with van der Waals surface area (Å²) >= 11 is 0. The zero-order chi connectivity index (χ0) is 9.84. The Labute approximate surface area is 76.0 Å². The van der Waals surface area contributed by atoms with Crippen LogP contribution in [-0.2, 0) is 17.8 Å². The van der Waals surface area contributed by atoms with Gasteiger partial charge in [0.15, 0.2) is 0 Å². The van der Waals surface area contributed by atoms with Crippen molar-refractivity contribution >= 4 is 5.97 Å². The third-order valence-corrected chi connectivity index (χ3v) is 1.38. The Hall–Kier alpha value is -1.36. The summed E-state index contributed by atoms with van der Waals surface area (Å²) in [7, 11) is 3.80. The fourth-order valence-electron chi connectivity index (χ4n) is 0.944. The highest BCUT2D eigenvalue weighted by atomic mass is 16.4. The van der Waals surface area contributed by atoms with E-state index < -0.39 is 5.97 Å². The smallest absolute Gasteiger partial charge is 0.312 e. The first kappa shape index (κ1) is 9.73. The van der Waals surface area contributed by atoms with Crippen LogP contribution in [0.3, 0.4) is 0 Å². The van der Waals surface area contributed by atoms with Crippen LogP contribution in [0.2, 0.25) is 0 Å². The number of oxazole rings is 1. The van der Waals surface area contributed by atoms with Gasteiger partial charge in [-0.25, -0.2) is 4.98 Å². The quantitative estimate of drug-likeness (QED) is 0.732. The fourth-order valence-corrected chi connectivity index (χ4v) is 0.944. The molecule has 0 bridgehead atoms. The van der Waals surface area contributed by atoms with Gasteiger partial charge in [0.25, 0.3) is 0 Å². The van der Waals surface area contributed by atoms with Crippen molar-refractivity contribution in [2.75, 3.05) is 14.1 Å². The first-order chi connectivity index (χ1) is 6.08. The molecule has 0 amide bonds. The number of aliphatic carboxylic acids is 1. The normalized spacial score (nSPS) is 10.7. The van der Waals surface area contributed by atoms with E-state index in [-0.39, 0.29) is 12.3 Å². The third kappa shape index (κ3) is 3.25. The molecule has 1 heterocycles. The molecule has 72 valence electrons. The van der Waals surface area contributed by atoms with E-state index in [0.29, 0.717) is 12.3 Å². The zero-order valence-corrected chi connectivity index (χ0v) is 7.65. The summed E-state index contributed by atoms with van der Waals surface area (Å²) < 4.78 is 5.17. The molecule has 5 heteroatoms. The predicted molar refractivity (Wildman–Crippen MR) is 45.2 cm³/mol. The van der Waals surface area contributed by atoms with E-state index >= 15 is 0 Å². The molecule has 0 fully saturated rings. The summed E-state index contributed by atoms with van der Waals surface area (Å²) in [6.45, 7) is 0.632. The van der Waals surface area contributed by atoms with Crippen molar-refractivity contribution < 1.29 is 14.3 Å². The lowest BCUT2D eigenvalue weighted by Gasteiger charge is -2.04. The number of hydrogen-bond acceptors (Lipinski definition) is 4. The maximum Gasteiger partial charge on any atom is 0.312 e. The molecular weight excluding hydrogens is 172 g/mol. The third-order valence-electron chi connectivity index (χ3n) is 1.38. The maximum absolute atomic E-state index is 10.3. The minimum absolute atomic E-state index is 0.159. The van der Waals surface area contributed by atoms with Crippen LogP contribution in [0.25, 0.3) is 0 Å². The van der Waals surface area contributed by atoms with Crippen LogP contribution in [-0.4, -0.2) is 35.1 Å². The summed E-state index contributed by atoms with van der Waals surface area (Å²) in [5.74, 6) is 0.00357. The van der Waals surface area contributed by atoms with Gasteiger partial charge in [-0.05, 0) is 14.1 Å². The molecule has 1 rings (SSSR count). The van der Waals surface area contributed by atoms with Crippen molar-refractivity contribution in [2.24, 2.45) is 0 Å². The molecule has 1 aromatic heterocycles. The van der Waals surface area contributed by atoms with Crippen molar-refractivity contribution in [1.29, 1.82) is 0 Å². The standard InChI is InChI=1S/C8H12N2O3/c1-10(2)5-6-4-9-7(13-6)3-8(11)12/h4H,3,5H2,1-2H3,(H,11,12). The van der Waals surface area contributed by atoms with Crippen LogP contribution in [0.15, 0.2) is 10.6 Å². The second-order valence-electron chi connectivity index (χ2n) is 3.03. The molecule has 0 aliphatic rings. The highest BCUT2D eigenvalue weighted by molar-refractivity contribution is 5.68. The monoisotopic (exact) mass is 184 g/mol. The van der Waals surface area contributed by atoms with Crippen molar-refractivity contribution in [3.05, 3.63) is 17.8 Å². The fraction of sp³-hybridized carbons (Fsp3) is 0.500. The Bertz CT molecular complexity index is 293. The van der Waals surface area contributed by atoms with Crippen molar-refractivity contribution in [1.82, 2.24) is 9.88 Å². The van der Waals surface area contributed by atoms with Crippen LogP contribution in [0.5, 0.6) is 0 Å². The van der Waals surface area contributed by atoms with Crippen LogP contribution in [0.4, 0.5) is 0 Å². The molecule has 0 saturated heterocycles. The molecule has 0 radical (unpaired) electrons. The number of rotatable bonds is 4. The molecule has 0 spiro atoms. The predicted octanol–water partition coefficient (Wildman–Crippen LogP) is 0.363. The zero-order valence-electron chi connectivity index (χ0n) is 7.65. The highest BCUT2D eigenvalue weighted by Gasteiger charge is 2.08. The number of carboxylic acid groups (broad SMARTS) is 1. The van der Waals surface area contributed by atoms with Crippen LogP contribution in [0.1, 0.15) is 11.7 Å². The second kappa shape index (κ2) is 4.04. The van der Waals surface area contributed by atoms with Crippen molar-refractivity contribution in [3.63, 3.8) is 0 Å². The minimum Gasteiger partial charge on any atom is -0.481 e. The molecule has 1 aromatic rings. The van der Waals surface area contributed by atoms with Crippen molar-refractivity contribution in [2.45, 2.75) is 13.0 Å². The Kier molecular flexibility index (Phi) is 3.02. The van der Waals surface area contributed by atoms with E-state index in [1.165, 1.54) is 0 Å². The SMILES string of the molecule is CN(C)Cc1cnc(CC(=O)O)o1. The number of nitrogens with zero attached hydrogens (tertiary/aromatic N) is 2. The van der Waals surface area contributed by atoms with Gasteiger partial charge < -0.3 is 14.4 Å². The molecule has 13 heavy (non-hydrogen) atoms. The van der Waals surface area contributed by atoms with Gasteiger partial charge in [-0.2, -0.15) is 0 Å². The van der Waals surface area contributed by atoms with Gasteiger partial charge in [0.1, 0.15) is 12.2 Å². The van der Waals surface area contributed by atoms with Gasteiger partial charge in [0.05, 0.1) is 12.7 Å². The number of carbonyl (C=O) groups is 1. The van der Waals surface area contributed by atoms with Crippen molar-refractivity contribution in [3.8, 4) is 0 Å². The van der Waals surface area contributed by atoms with E-state index in [0.717, 1.165) is 0 Å². The van der Waals surface area contributed by atoms with Gasteiger partial charge in [0.2, 0.25) is 5.89 Å². The molecule has 0 aromatic carbocycles. The minimum atomic E-state index is -0.932. The second-order valence-corrected chi connectivity index (χ2v) is 3.03. The number of carboxylic acids is 1. The summed E-state index contributed by atoms with van der Waals surface area (Å²) in [4.78, 5) is 16.0. The average molecular weight is 184 g/mol. The first-order valence-electron chi connectivity index (χ1n) is 3.88. The van der Waals surface area contributed by atoms with Gasteiger partial charge in [-0.3, -0.25) is 4.79 Å². The summed E-state index contributed by atoms with van der Waals surface area (Å²) in [5.41, 5.74) is 0. The lowest BCUT2D eigenvalue weighted by atomic mass is 10.4. The van der Waals surface area contributed by atoms with Crippen LogP contribution in [0, 0.1) is 0 Å². The lowest BCUT2D eigenvalue weighted by molar-refractivity contribution is -0.136. The average Bonchev–Trinajstić information content (AvgIpc) is 2.33. The van der Waals surface area contributed by atoms with E-state index in [9.17, 15) is 4.79 Å². The van der Waals surface area contributed by atoms with Gasteiger partial charge >= 0.3 is 5.97 Å². The maximum atomic E-state index is 10.3.